The predicted octanol–water partition coefficient (Wildman–Crippen LogP) is 1.60. The highest BCUT2D eigenvalue weighted by Gasteiger charge is 2.41. The van der Waals surface area contributed by atoms with E-state index in [9.17, 15) is 17.6 Å². The zero-order chi connectivity index (χ0) is 21.0. The number of amides is 1. The maximum atomic E-state index is 13.1. The van der Waals surface area contributed by atoms with Crippen LogP contribution >= 0.6 is 11.6 Å². The first-order valence-electron chi connectivity index (χ1n) is 8.66. The monoisotopic (exact) mass is 442 g/mol. The zero-order valence-electron chi connectivity index (χ0n) is 15.4. The Morgan fingerprint density at radius 2 is 2.00 bits per heavy atom. The first kappa shape index (κ1) is 21.3. The molecular formula is C18H20ClFN4O4S. The number of sulfonamides is 1. The fourth-order valence-electron chi connectivity index (χ4n) is 2.87. The molecule has 2 aromatic carbocycles. The lowest BCUT2D eigenvalue weighted by Crippen LogP contribution is -2.46. The minimum atomic E-state index is -3.92. The molecule has 29 heavy (non-hydrogen) atoms. The third kappa shape index (κ3) is 5.15. The quantitative estimate of drug-likeness (QED) is 0.518. The highest BCUT2D eigenvalue weighted by atomic mass is 35.5. The van der Waals surface area contributed by atoms with Crippen LogP contribution in [0.1, 0.15) is 5.56 Å². The molecule has 0 aromatic heterocycles. The minimum absolute atomic E-state index is 0.0487. The molecule has 4 N–H and O–H groups in total. The van der Waals surface area contributed by atoms with E-state index in [4.69, 9.17) is 16.3 Å². The predicted molar refractivity (Wildman–Crippen MR) is 107 cm³/mol. The van der Waals surface area contributed by atoms with Crippen LogP contribution in [0.4, 0.5) is 10.1 Å². The Labute approximate surface area is 172 Å². The number of benzene rings is 2. The summed E-state index contributed by atoms with van der Waals surface area (Å²) in [6.07, 6.45) is 0. The lowest BCUT2D eigenvalue weighted by atomic mass is 10.1. The average molecular weight is 443 g/mol. The van der Waals surface area contributed by atoms with Crippen molar-refractivity contribution in [2.45, 2.75) is 11.9 Å². The van der Waals surface area contributed by atoms with E-state index in [1.54, 1.807) is 24.3 Å². The molecular weight excluding hydrogens is 423 g/mol. The number of rotatable bonds is 7. The van der Waals surface area contributed by atoms with Gasteiger partial charge in [0.15, 0.2) is 5.37 Å². The van der Waals surface area contributed by atoms with Crippen LogP contribution in [0, 0.1) is 11.7 Å². The second kappa shape index (κ2) is 8.95. The Morgan fingerprint density at radius 1 is 1.28 bits per heavy atom. The van der Waals surface area contributed by atoms with Crippen molar-refractivity contribution in [2.75, 3.05) is 18.4 Å². The van der Waals surface area contributed by atoms with Crippen LogP contribution in [-0.2, 0) is 21.4 Å². The van der Waals surface area contributed by atoms with E-state index in [1.807, 2.05) is 0 Å². The Morgan fingerprint density at radius 3 is 2.66 bits per heavy atom. The minimum Gasteiger partial charge on any atom is -0.497 e. The third-order valence-electron chi connectivity index (χ3n) is 4.42. The number of hydrogen-bond donors (Lipinski definition) is 4. The molecule has 0 aliphatic carbocycles. The van der Waals surface area contributed by atoms with Crippen molar-refractivity contribution >= 4 is 33.2 Å². The van der Waals surface area contributed by atoms with E-state index in [2.05, 4.69) is 20.9 Å². The van der Waals surface area contributed by atoms with Gasteiger partial charge < -0.3 is 10.1 Å². The zero-order valence-corrected chi connectivity index (χ0v) is 17.0. The molecule has 1 saturated heterocycles. The Hall–Kier alpha value is -2.40. The summed E-state index contributed by atoms with van der Waals surface area (Å²) in [5, 5.41) is 1.64. The second-order valence-corrected chi connectivity index (χ2v) is 8.59. The molecule has 1 aliphatic rings. The number of halogens is 2. The van der Waals surface area contributed by atoms with E-state index >= 15 is 0 Å². The summed E-state index contributed by atoms with van der Waals surface area (Å²) in [5.41, 5.74) is 6.20. The van der Waals surface area contributed by atoms with Crippen LogP contribution in [-0.4, -0.2) is 33.4 Å². The number of methoxy groups -OCH3 is 1. The molecule has 0 spiro atoms. The van der Waals surface area contributed by atoms with E-state index < -0.39 is 33.0 Å². The van der Waals surface area contributed by atoms with Gasteiger partial charge >= 0.3 is 0 Å². The fourth-order valence-corrected chi connectivity index (χ4v) is 4.58. The summed E-state index contributed by atoms with van der Waals surface area (Å²) < 4.78 is 46.1. The van der Waals surface area contributed by atoms with Crippen LogP contribution in [0.5, 0.6) is 5.75 Å². The van der Waals surface area contributed by atoms with E-state index in [-0.39, 0.29) is 18.1 Å². The Kier molecular flexibility index (Phi) is 6.58. The average Bonchev–Trinajstić information content (AvgIpc) is 3.18. The number of carbonyl (C=O) groups is 1. The number of carbonyl (C=O) groups excluding carboxylic acids is 1. The molecule has 1 amide bonds. The van der Waals surface area contributed by atoms with E-state index in [0.717, 1.165) is 6.07 Å². The molecule has 3 rings (SSSR count). The van der Waals surface area contributed by atoms with Crippen LogP contribution in [0.25, 0.3) is 0 Å². The van der Waals surface area contributed by atoms with Crippen LogP contribution in [0.2, 0.25) is 5.02 Å². The Bertz CT molecular complexity index is 988. The highest BCUT2D eigenvalue weighted by molar-refractivity contribution is 7.93. The summed E-state index contributed by atoms with van der Waals surface area (Å²) >= 11 is 5.95. The van der Waals surface area contributed by atoms with Gasteiger partial charge in [0, 0.05) is 23.8 Å². The summed E-state index contributed by atoms with van der Waals surface area (Å²) in [6, 6.07) is 10.2. The number of nitrogens with one attached hydrogen (secondary N) is 4. The van der Waals surface area contributed by atoms with Crippen LogP contribution in [0.3, 0.4) is 0 Å². The molecule has 1 fully saturated rings. The number of ether oxygens (including phenoxy) is 1. The van der Waals surface area contributed by atoms with Crippen molar-refractivity contribution in [3.05, 3.63) is 58.9 Å². The molecule has 0 saturated carbocycles. The molecule has 8 nitrogen and oxygen atoms in total. The summed E-state index contributed by atoms with van der Waals surface area (Å²) in [6.45, 7) is 0.171. The molecule has 11 heteroatoms. The van der Waals surface area contributed by atoms with Gasteiger partial charge in [-0.2, -0.15) is 0 Å². The SMILES string of the molecule is COc1ccc(NS(=O)(=O)C2NNCC2C(=O)NCc2ccc(F)cc2Cl)cc1. The molecule has 2 unspecified atom stereocenters. The van der Waals surface area contributed by atoms with E-state index in [0.29, 0.717) is 17.0 Å². The largest absolute Gasteiger partial charge is 0.497 e. The van der Waals surface area contributed by atoms with Gasteiger partial charge in [-0.3, -0.25) is 14.9 Å². The lowest BCUT2D eigenvalue weighted by Gasteiger charge is -2.19. The summed E-state index contributed by atoms with van der Waals surface area (Å²) in [7, 11) is -2.41. The normalized spacial score (nSPS) is 19.0. The van der Waals surface area contributed by atoms with Crippen molar-refractivity contribution in [1.82, 2.24) is 16.2 Å². The van der Waals surface area contributed by atoms with Gasteiger partial charge in [-0.25, -0.2) is 18.2 Å². The third-order valence-corrected chi connectivity index (χ3v) is 6.41. The van der Waals surface area contributed by atoms with Crippen molar-refractivity contribution in [3.8, 4) is 5.75 Å². The maximum absolute atomic E-state index is 13.1. The van der Waals surface area contributed by atoms with Gasteiger partial charge in [0.1, 0.15) is 11.6 Å². The fraction of sp³-hybridized carbons (Fsp3) is 0.278. The summed E-state index contributed by atoms with van der Waals surface area (Å²) in [5.74, 6) is -1.26. The standard InChI is InChI=1S/C18H20ClFN4O4S/c1-28-14-6-4-13(5-7-14)24-29(26,27)18-15(10-22-23-18)17(25)21-9-11-2-3-12(20)8-16(11)19/h2-8,15,18,22-24H,9-10H2,1H3,(H,21,25). The van der Waals surface area contributed by atoms with Crippen molar-refractivity contribution in [3.63, 3.8) is 0 Å². The lowest BCUT2D eigenvalue weighted by molar-refractivity contribution is -0.124. The molecule has 0 radical (unpaired) electrons. The van der Waals surface area contributed by atoms with Crippen molar-refractivity contribution < 1.29 is 22.3 Å². The van der Waals surface area contributed by atoms with Gasteiger partial charge in [0.05, 0.1) is 13.0 Å². The van der Waals surface area contributed by atoms with Crippen molar-refractivity contribution in [1.29, 1.82) is 0 Å². The topological polar surface area (TPSA) is 109 Å². The van der Waals surface area contributed by atoms with Gasteiger partial charge in [-0.05, 0) is 42.0 Å². The number of hydrazine groups is 1. The first-order chi connectivity index (χ1) is 13.8. The maximum Gasteiger partial charge on any atom is 0.250 e. The molecule has 1 aliphatic heterocycles. The van der Waals surface area contributed by atoms with Crippen LogP contribution in [0.15, 0.2) is 42.5 Å². The smallest absolute Gasteiger partial charge is 0.250 e. The van der Waals surface area contributed by atoms with Gasteiger partial charge in [-0.15, -0.1) is 0 Å². The molecule has 2 aromatic rings. The first-order valence-corrected chi connectivity index (χ1v) is 10.6. The van der Waals surface area contributed by atoms with Crippen LogP contribution < -0.4 is 25.6 Å². The van der Waals surface area contributed by atoms with E-state index in [1.165, 1.54) is 19.2 Å². The molecule has 2 atom stereocenters. The van der Waals surface area contributed by atoms with Crippen molar-refractivity contribution in [2.24, 2.45) is 5.92 Å². The molecule has 156 valence electrons. The van der Waals surface area contributed by atoms with Gasteiger partial charge in [0.25, 0.3) is 10.0 Å². The second-order valence-electron chi connectivity index (χ2n) is 6.38. The number of hydrogen-bond acceptors (Lipinski definition) is 6. The summed E-state index contributed by atoms with van der Waals surface area (Å²) in [4.78, 5) is 12.6. The number of anilines is 1. The Balaban J connectivity index is 1.66. The molecule has 0 bridgehead atoms. The highest BCUT2D eigenvalue weighted by Crippen LogP contribution is 2.21. The van der Waals surface area contributed by atoms with Gasteiger partial charge in [-0.1, -0.05) is 17.7 Å². The molecule has 1 heterocycles. The van der Waals surface area contributed by atoms with Gasteiger partial charge in [0.2, 0.25) is 5.91 Å².